The van der Waals surface area contributed by atoms with E-state index in [2.05, 4.69) is 81.5 Å². The Hall–Kier alpha value is -2.89. The van der Waals surface area contributed by atoms with Crippen molar-refractivity contribution in [2.45, 2.75) is 309 Å². The maximum Gasteiger partial charge on any atom is 0.306 e. The van der Waals surface area contributed by atoms with Gasteiger partial charge >= 0.3 is 17.9 Å². The molecular weight excluding hydrogens is 853 g/mol. The summed E-state index contributed by atoms with van der Waals surface area (Å²) in [6.45, 7) is 6.53. The molecule has 0 aliphatic heterocycles. The number of esters is 3. The summed E-state index contributed by atoms with van der Waals surface area (Å²) in [7, 11) is 0. The fourth-order valence-corrected chi connectivity index (χ4v) is 8.51. The highest BCUT2D eigenvalue weighted by Crippen LogP contribution is 2.16. The first-order valence-corrected chi connectivity index (χ1v) is 29.8. The van der Waals surface area contributed by atoms with Crippen LogP contribution in [0.1, 0.15) is 303 Å². The Morgan fingerprint density at radius 3 is 0.899 bits per heavy atom. The summed E-state index contributed by atoms with van der Waals surface area (Å²) in [4.78, 5) is 38.2. The van der Waals surface area contributed by atoms with E-state index in [9.17, 15) is 14.4 Å². The normalized spacial score (nSPS) is 12.4. The average Bonchev–Trinajstić information content (AvgIpc) is 3.35. The van der Waals surface area contributed by atoms with Crippen LogP contribution >= 0.6 is 0 Å². The molecule has 1 unspecified atom stereocenters. The molecule has 6 heteroatoms. The third-order valence-corrected chi connectivity index (χ3v) is 13.0. The molecule has 0 amide bonds. The lowest BCUT2D eigenvalue weighted by molar-refractivity contribution is -0.167. The zero-order chi connectivity index (χ0) is 50.0. The molecule has 1 atom stereocenters. The van der Waals surface area contributed by atoms with Crippen LogP contribution in [0.4, 0.5) is 0 Å². The number of carbonyl (C=O) groups excluding carboxylic acids is 3. The van der Waals surface area contributed by atoms with E-state index in [1.807, 2.05) is 0 Å². The topological polar surface area (TPSA) is 78.9 Å². The van der Waals surface area contributed by atoms with Gasteiger partial charge in [0, 0.05) is 19.3 Å². The summed E-state index contributed by atoms with van der Waals surface area (Å²) in [6.07, 6.45) is 72.2. The Bertz CT molecular complexity index is 1250. The first-order chi connectivity index (χ1) is 34.0. The second-order valence-electron chi connectivity index (χ2n) is 19.9. The van der Waals surface area contributed by atoms with Gasteiger partial charge in [0.15, 0.2) is 6.10 Å². The minimum Gasteiger partial charge on any atom is -0.462 e. The molecule has 0 rings (SSSR count). The molecule has 0 bridgehead atoms. The van der Waals surface area contributed by atoms with E-state index >= 15 is 0 Å². The monoisotopic (exact) mass is 965 g/mol. The standard InChI is InChI=1S/C63H112O6/c1-4-7-10-13-16-19-22-25-28-29-30-31-32-33-36-38-41-44-47-50-53-56-62(65)68-59-60(69-63(66)57-54-51-48-45-42-39-35-27-24-21-18-15-12-9-6-3)58-67-61(64)55-52-49-46-43-40-37-34-26-23-20-17-14-11-8-5-2/h9,12,18,21,26-27,29-30,34-35,60H,4-8,10-11,13-17,19-20,22-25,28,31-33,36-59H2,1-3H3/b12-9-,21-18-,30-29-,34-26-,35-27-. The number of carbonyl (C=O) groups is 3. The van der Waals surface area contributed by atoms with E-state index in [0.29, 0.717) is 19.3 Å². The molecule has 0 N–H and O–H groups in total. The molecule has 0 aliphatic carbocycles. The number of ether oxygens (including phenoxy) is 3. The lowest BCUT2D eigenvalue weighted by Gasteiger charge is -2.18. The van der Waals surface area contributed by atoms with Gasteiger partial charge in [-0.3, -0.25) is 14.4 Å². The lowest BCUT2D eigenvalue weighted by Crippen LogP contribution is -2.30. The minimum absolute atomic E-state index is 0.0838. The zero-order valence-electron chi connectivity index (χ0n) is 45.8. The van der Waals surface area contributed by atoms with Gasteiger partial charge in [0.05, 0.1) is 0 Å². The summed E-state index contributed by atoms with van der Waals surface area (Å²) in [6, 6.07) is 0. The fourth-order valence-electron chi connectivity index (χ4n) is 8.51. The van der Waals surface area contributed by atoms with Crippen molar-refractivity contribution in [1.82, 2.24) is 0 Å². The van der Waals surface area contributed by atoms with Crippen LogP contribution in [-0.4, -0.2) is 37.2 Å². The van der Waals surface area contributed by atoms with Crippen molar-refractivity contribution in [2.24, 2.45) is 0 Å². The van der Waals surface area contributed by atoms with E-state index in [0.717, 1.165) is 103 Å². The molecule has 0 saturated carbocycles. The van der Waals surface area contributed by atoms with Gasteiger partial charge in [-0.1, -0.05) is 242 Å². The summed E-state index contributed by atoms with van der Waals surface area (Å²) in [5.74, 6) is -0.900. The smallest absolute Gasteiger partial charge is 0.306 e. The highest BCUT2D eigenvalue weighted by atomic mass is 16.6. The third-order valence-electron chi connectivity index (χ3n) is 13.0. The summed E-state index contributed by atoms with van der Waals surface area (Å²) >= 11 is 0. The molecule has 0 aromatic heterocycles. The van der Waals surface area contributed by atoms with E-state index in [1.165, 1.54) is 161 Å². The summed E-state index contributed by atoms with van der Waals surface area (Å²) in [5.41, 5.74) is 0. The lowest BCUT2D eigenvalue weighted by atomic mass is 10.1. The Balaban J connectivity index is 4.35. The van der Waals surface area contributed by atoms with Gasteiger partial charge in [-0.05, 0) is 103 Å². The van der Waals surface area contributed by atoms with Crippen LogP contribution in [0.5, 0.6) is 0 Å². The van der Waals surface area contributed by atoms with Gasteiger partial charge in [-0.15, -0.1) is 0 Å². The second-order valence-corrected chi connectivity index (χ2v) is 19.9. The Morgan fingerprint density at radius 2 is 0.565 bits per heavy atom. The molecule has 0 saturated heterocycles. The Morgan fingerprint density at radius 1 is 0.304 bits per heavy atom. The van der Waals surface area contributed by atoms with Crippen molar-refractivity contribution in [3.63, 3.8) is 0 Å². The predicted octanol–water partition coefficient (Wildman–Crippen LogP) is 20.0. The van der Waals surface area contributed by atoms with Crippen molar-refractivity contribution in [1.29, 1.82) is 0 Å². The third kappa shape index (κ3) is 55.9. The van der Waals surface area contributed by atoms with Crippen LogP contribution in [0, 0.1) is 0 Å². The van der Waals surface area contributed by atoms with Gasteiger partial charge in [-0.2, -0.15) is 0 Å². The largest absolute Gasteiger partial charge is 0.462 e. The SMILES string of the molecule is CC/C=C\C/C=C\C/C=C\CCCCCCCC(=O)OC(COC(=O)CCCCCCC/C=C\CCCCCCCC)COC(=O)CCCCCCCCCCC/C=C\CCCCCCCCCC. The molecule has 0 aliphatic rings. The number of rotatable bonds is 54. The fraction of sp³-hybridized carbons (Fsp3) is 0.794. The highest BCUT2D eigenvalue weighted by Gasteiger charge is 2.19. The number of unbranched alkanes of at least 4 members (excludes halogenated alkanes) is 33. The second kappa shape index (κ2) is 57.7. The van der Waals surface area contributed by atoms with Crippen molar-refractivity contribution in [3.05, 3.63) is 60.8 Å². The van der Waals surface area contributed by atoms with Crippen molar-refractivity contribution in [3.8, 4) is 0 Å². The van der Waals surface area contributed by atoms with Crippen molar-refractivity contribution < 1.29 is 28.6 Å². The van der Waals surface area contributed by atoms with Crippen LogP contribution < -0.4 is 0 Å². The van der Waals surface area contributed by atoms with Crippen LogP contribution in [-0.2, 0) is 28.6 Å². The molecule has 0 heterocycles. The number of hydrogen-bond acceptors (Lipinski definition) is 6. The van der Waals surface area contributed by atoms with Crippen molar-refractivity contribution in [2.75, 3.05) is 13.2 Å². The van der Waals surface area contributed by atoms with Crippen LogP contribution in [0.15, 0.2) is 60.8 Å². The predicted molar refractivity (Wildman–Crippen MR) is 298 cm³/mol. The van der Waals surface area contributed by atoms with Crippen LogP contribution in [0.3, 0.4) is 0 Å². The van der Waals surface area contributed by atoms with E-state index in [1.54, 1.807) is 0 Å². The van der Waals surface area contributed by atoms with Gasteiger partial charge in [-0.25, -0.2) is 0 Å². The molecule has 0 aromatic carbocycles. The van der Waals surface area contributed by atoms with Gasteiger partial charge in [0.1, 0.15) is 13.2 Å². The van der Waals surface area contributed by atoms with E-state index in [-0.39, 0.29) is 31.1 Å². The Kier molecular flexibility index (Phi) is 55.3. The summed E-state index contributed by atoms with van der Waals surface area (Å²) in [5, 5.41) is 0. The number of allylic oxidation sites excluding steroid dienone is 10. The van der Waals surface area contributed by atoms with Gasteiger partial charge in [0.2, 0.25) is 0 Å². The van der Waals surface area contributed by atoms with Crippen molar-refractivity contribution >= 4 is 17.9 Å². The number of hydrogen-bond donors (Lipinski definition) is 0. The van der Waals surface area contributed by atoms with Crippen LogP contribution in [0.2, 0.25) is 0 Å². The molecular formula is C63H112O6. The first-order valence-electron chi connectivity index (χ1n) is 29.8. The molecule has 0 fully saturated rings. The molecule has 400 valence electrons. The molecule has 6 nitrogen and oxygen atoms in total. The minimum atomic E-state index is -0.787. The van der Waals surface area contributed by atoms with Crippen LogP contribution in [0.25, 0.3) is 0 Å². The van der Waals surface area contributed by atoms with Gasteiger partial charge < -0.3 is 14.2 Å². The first kappa shape index (κ1) is 66.1. The van der Waals surface area contributed by atoms with E-state index < -0.39 is 6.10 Å². The average molecular weight is 966 g/mol. The Labute approximate surface area is 428 Å². The quantitative estimate of drug-likeness (QED) is 0.0262. The zero-order valence-corrected chi connectivity index (χ0v) is 45.8. The molecule has 69 heavy (non-hydrogen) atoms. The summed E-state index contributed by atoms with van der Waals surface area (Å²) < 4.78 is 16.9. The maximum atomic E-state index is 12.9. The highest BCUT2D eigenvalue weighted by molar-refractivity contribution is 5.71. The van der Waals surface area contributed by atoms with E-state index in [4.69, 9.17) is 14.2 Å². The maximum absolute atomic E-state index is 12.9. The molecule has 0 aromatic rings. The molecule has 0 spiro atoms. The molecule has 0 radical (unpaired) electrons. The van der Waals surface area contributed by atoms with Gasteiger partial charge in [0.25, 0.3) is 0 Å².